The van der Waals surface area contributed by atoms with E-state index >= 15 is 0 Å². The van der Waals surface area contributed by atoms with Crippen LogP contribution in [0, 0.1) is 5.92 Å². The first-order chi connectivity index (χ1) is 5.11. The maximum absolute atomic E-state index is 10.5. The first-order valence-corrected chi connectivity index (χ1v) is 3.87. The van der Waals surface area contributed by atoms with Crippen molar-refractivity contribution >= 4 is 5.97 Å². The molecule has 0 rings (SSSR count). The molecule has 0 aromatic heterocycles. The van der Waals surface area contributed by atoms with E-state index in [1.54, 1.807) is 0 Å². The van der Waals surface area contributed by atoms with E-state index in [0.717, 1.165) is 6.42 Å². The van der Waals surface area contributed by atoms with Crippen LogP contribution in [0.15, 0.2) is 0 Å². The molecule has 1 N–H and O–H groups in total. The Bertz CT molecular complexity index is 123. The molecule has 11 heavy (non-hydrogen) atoms. The van der Waals surface area contributed by atoms with Gasteiger partial charge in [0.15, 0.2) is 6.10 Å². The van der Waals surface area contributed by atoms with Gasteiger partial charge in [-0.1, -0.05) is 20.3 Å². The molecule has 0 saturated heterocycles. The van der Waals surface area contributed by atoms with E-state index in [1.165, 1.54) is 7.11 Å². The quantitative estimate of drug-likeness (QED) is 0.663. The lowest BCUT2D eigenvalue weighted by Crippen LogP contribution is -2.24. The third-order valence-corrected chi connectivity index (χ3v) is 1.87. The largest absolute Gasteiger partial charge is 0.479 e. The molecule has 0 aliphatic rings. The molecule has 3 nitrogen and oxygen atoms in total. The maximum Gasteiger partial charge on any atom is 0.332 e. The molecule has 0 fully saturated rings. The van der Waals surface area contributed by atoms with Crippen LogP contribution in [-0.2, 0) is 9.53 Å². The van der Waals surface area contributed by atoms with E-state index in [1.807, 2.05) is 13.8 Å². The number of carboxylic acid groups (broad SMARTS) is 1. The van der Waals surface area contributed by atoms with Crippen LogP contribution in [0.1, 0.15) is 26.7 Å². The fourth-order valence-electron chi connectivity index (χ4n) is 0.830. The second kappa shape index (κ2) is 5.13. The zero-order valence-corrected chi connectivity index (χ0v) is 7.33. The van der Waals surface area contributed by atoms with Crippen molar-refractivity contribution in [2.45, 2.75) is 32.8 Å². The van der Waals surface area contributed by atoms with Crippen molar-refractivity contribution < 1.29 is 14.6 Å². The normalized spacial score (nSPS) is 15.9. The van der Waals surface area contributed by atoms with Gasteiger partial charge in [0.1, 0.15) is 0 Å². The zero-order chi connectivity index (χ0) is 8.85. The Morgan fingerprint density at radius 1 is 1.64 bits per heavy atom. The van der Waals surface area contributed by atoms with Crippen LogP contribution in [0.3, 0.4) is 0 Å². The van der Waals surface area contributed by atoms with Gasteiger partial charge in [-0.2, -0.15) is 0 Å². The summed E-state index contributed by atoms with van der Waals surface area (Å²) >= 11 is 0. The first-order valence-electron chi connectivity index (χ1n) is 3.87. The van der Waals surface area contributed by atoms with Crippen molar-refractivity contribution in [1.82, 2.24) is 0 Å². The van der Waals surface area contributed by atoms with Crippen LogP contribution in [-0.4, -0.2) is 24.3 Å². The van der Waals surface area contributed by atoms with Gasteiger partial charge in [0.05, 0.1) is 0 Å². The molecule has 0 heterocycles. The molecule has 0 aliphatic heterocycles. The molecule has 66 valence electrons. The highest BCUT2D eigenvalue weighted by Gasteiger charge is 2.18. The van der Waals surface area contributed by atoms with Gasteiger partial charge in [-0.25, -0.2) is 4.79 Å². The Balaban J connectivity index is 3.77. The van der Waals surface area contributed by atoms with Crippen molar-refractivity contribution in [3.05, 3.63) is 0 Å². The predicted octanol–water partition coefficient (Wildman–Crippen LogP) is 1.52. The highest BCUT2D eigenvalue weighted by Crippen LogP contribution is 2.11. The highest BCUT2D eigenvalue weighted by atomic mass is 16.5. The van der Waals surface area contributed by atoms with Gasteiger partial charge < -0.3 is 9.84 Å². The van der Waals surface area contributed by atoms with Gasteiger partial charge in [-0.3, -0.25) is 0 Å². The SMILES string of the molecule is CCC(C)CC(OC)C(=O)O. The second-order valence-corrected chi connectivity index (χ2v) is 2.81. The Hall–Kier alpha value is -0.570. The molecule has 0 aliphatic carbocycles. The number of carboxylic acids is 1. The fourth-order valence-corrected chi connectivity index (χ4v) is 0.830. The van der Waals surface area contributed by atoms with Crippen LogP contribution in [0.2, 0.25) is 0 Å². The van der Waals surface area contributed by atoms with E-state index in [4.69, 9.17) is 9.84 Å². The topological polar surface area (TPSA) is 46.5 Å². The molecular weight excluding hydrogens is 144 g/mol. The Morgan fingerprint density at radius 2 is 2.18 bits per heavy atom. The van der Waals surface area contributed by atoms with Gasteiger partial charge in [0.2, 0.25) is 0 Å². The summed E-state index contributed by atoms with van der Waals surface area (Å²) < 4.78 is 4.78. The van der Waals surface area contributed by atoms with Gasteiger partial charge >= 0.3 is 5.97 Å². The predicted molar refractivity (Wildman–Crippen MR) is 42.5 cm³/mol. The number of aliphatic carboxylic acids is 1. The van der Waals surface area contributed by atoms with E-state index in [2.05, 4.69) is 0 Å². The molecule has 0 aromatic carbocycles. The highest BCUT2D eigenvalue weighted by molar-refractivity contribution is 5.72. The minimum Gasteiger partial charge on any atom is -0.479 e. The molecule has 0 aromatic rings. The summed E-state index contributed by atoms with van der Waals surface area (Å²) in [6.45, 7) is 4.06. The molecule has 0 saturated carbocycles. The van der Waals surface area contributed by atoms with Crippen LogP contribution in [0.4, 0.5) is 0 Å². The number of hydrogen-bond acceptors (Lipinski definition) is 2. The van der Waals surface area contributed by atoms with Crippen LogP contribution < -0.4 is 0 Å². The minimum absolute atomic E-state index is 0.413. The lowest BCUT2D eigenvalue weighted by Gasteiger charge is -2.14. The molecule has 2 unspecified atom stereocenters. The number of carbonyl (C=O) groups is 1. The van der Waals surface area contributed by atoms with Crippen LogP contribution in [0.5, 0.6) is 0 Å². The number of rotatable bonds is 5. The zero-order valence-electron chi connectivity index (χ0n) is 7.33. The van der Waals surface area contributed by atoms with Crippen molar-refractivity contribution in [1.29, 1.82) is 0 Å². The van der Waals surface area contributed by atoms with Gasteiger partial charge in [0.25, 0.3) is 0 Å². The summed E-state index contributed by atoms with van der Waals surface area (Å²) in [6, 6.07) is 0. The van der Waals surface area contributed by atoms with E-state index in [0.29, 0.717) is 12.3 Å². The van der Waals surface area contributed by atoms with Crippen LogP contribution in [0.25, 0.3) is 0 Å². The number of methoxy groups -OCH3 is 1. The second-order valence-electron chi connectivity index (χ2n) is 2.81. The average Bonchev–Trinajstić information content (AvgIpc) is 1.99. The summed E-state index contributed by atoms with van der Waals surface area (Å²) in [5.74, 6) is -0.455. The van der Waals surface area contributed by atoms with Crippen molar-refractivity contribution in [2.24, 2.45) is 5.92 Å². The number of ether oxygens (including phenoxy) is 1. The summed E-state index contributed by atoms with van der Waals surface area (Å²) in [7, 11) is 1.43. The maximum atomic E-state index is 10.5. The van der Waals surface area contributed by atoms with Crippen LogP contribution >= 0.6 is 0 Å². The van der Waals surface area contributed by atoms with Gasteiger partial charge in [-0.05, 0) is 12.3 Å². The molecule has 3 heteroatoms. The van der Waals surface area contributed by atoms with Crippen molar-refractivity contribution in [3.8, 4) is 0 Å². The minimum atomic E-state index is -0.868. The molecule has 0 bridgehead atoms. The lowest BCUT2D eigenvalue weighted by atomic mass is 10.0. The van der Waals surface area contributed by atoms with Crippen molar-refractivity contribution in [3.63, 3.8) is 0 Å². The summed E-state index contributed by atoms with van der Waals surface area (Å²) in [4.78, 5) is 10.5. The standard InChI is InChI=1S/C8H16O3/c1-4-6(2)5-7(11-3)8(9)10/h6-7H,4-5H2,1-3H3,(H,9,10). The summed E-state index contributed by atoms with van der Waals surface area (Å²) in [6.07, 6.45) is 0.958. The van der Waals surface area contributed by atoms with E-state index in [9.17, 15) is 4.79 Å². The molecule has 0 spiro atoms. The fraction of sp³-hybridized carbons (Fsp3) is 0.875. The smallest absolute Gasteiger partial charge is 0.332 e. The Labute approximate surface area is 67.4 Å². The van der Waals surface area contributed by atoms with E-state index < -0.39 is 12.1 Å². The number of hydrogen-bond donors (Lipinski definition) is 1. The monoisotopic (exact) mass is 160 g/mol. The average molecular weight is 160 g/mol. The Kier molecular flexibility index (Phi) is 4.86. The molecule has 0 amide bonds. The molecule has 2 atom stereocenters. The molecule has 0 radical (unpaired) electrons. The third kappa shape index (κ3) is 3.98. The first kappa shape index (κ1) is 10.4. The summed E-state index contributed by atoms with van der Waals surface area (Å²) in [5, 5.41) is 8.59. The summed E-state index contributed by atoms with van der Waals surface area (Å²) in [5.41, 5.74) is 0. The van der Waals surface area contributed by atoms with Gasteiger partial charge in [-0.15, -0.1) is 0 Å². The third-order valence-electron chi connectivity index (χ3n) is 1.87. The lowest BCUT2D eigenvalue weighted by molar-refractivity contribution is -0.149. The van der Waals surface area contributed by atoms with Gasteiger partial charge in [0, 0.05) is 7.11 Å². The molecular formula is C8H16O3. The van der Waals surface area contributed by atoms with Crippen molar-refractivity contribution in [2.75, 3.05) is 7.11 Å². The van der Waals surface area contributed by atoms with E-state index in [-0.39, 0.29) is 0 Å². The Morgan fingerprint density at radius 3 is 2.45 bits per heavy atom.